The van der Waals surface area contributed by atoms with E-state index in [2.05, 4.69) is 22.6 Å². The minimum Gasteiger partial charge on any atom is -0.337 e. The normalized spacial score (nSPS) is 12.4. The van der Waals surface area contributed by atoms with Crippen LogP contribution in [0.15, 0.2) is 6.20 Å². The Kier molecular flexibility index (Phi) is 4.95. The maximum atomic E-state index is 11.8. The number of nitrogens with one attached hydrogen (secondary N) is 1. The number of hydrogen-bond acceptors (Lipinski definition) is 3. The third-order valence-electron chi connectivity index (χ3n) is 2.57. The summed E-state index contributed by atoms with van der Waals surface area (Å²) in [7, 11) is 0. The predicted octanol–water partition coefficient (Wildman–Crippen LogP) is 1.49. The number of aryl methyl sites for hydroxylation is 1. The summed E-state index contributed by atoms with van der Waals surface area (Å²) in [5.41, 5.74) is 0.856. The number of rotatable bonds is 6. The van der Waals surface area contributed by atoms with E-state index in [-0.39, 0.29) is 11.8 Å². The molecule has 1 N–H and O–H groups in total. The molecule has 1 aromatic rings. The molecule has 0 radical (unpaired) electrons. The van der Waals surface area contributed by atoms with Gasteiger partial charge in [0, 0.05) is 5.92 Å². The molecule has 5 nitrogen and oxygen atoms in total. The molecule has 1 rings (SSSR count). The molecular formula is C11H20N4O. The van der Waals surface area contributed by atoms with Gasteiger partial charge in [-0.05, 0) is 19.8 Å². The molecule has 1 amide bonds. The summed E-state index contributed by atoms with van der Waals surface area (Å²) in [6.45, 7) is 6.41. The first-order chi connectivity index (χ1) is 7.67. The maximum Gasteiger partial charge on any atom is 0.224 e. The van der Waals surface area contributed by atoms with Crippen molar-refractivity contribution in [2.24, 2.45) is 5.92 Å². The summed E-state index contributed by atoms with van der Waals surface area (Å²) in [5, 5.41) is 10.6. The van der Waals surface area contributed by atoms with Gasteiger partial charge in [0.05, 0.1) is 11.9 Å². The lowest BCUT2D eigenvalue weighted by atomic mass is 10.0. The maximum absolute atomic E-state index is 11.8. The first-order valence-corrected chi connectivity index (χ1v) is 5.81. The van der Waals surface area contributed by atoms with Crippen molar-refractivity contribution in [3.05, 3.63) is 11.9 Å². The molecule has 0 saturated carbocycles. The summed E-state index contributed by atoms with van der Waals surface area (Å²) >= 11 is 0. The van der Waals surface area contributed by atoms with Gasteiger partial charge >= 0.3 is 0 Å². The van der Waals surface area contributed by atoms with Gasteiger partial charge in [-0.2, -0.15) is 0 Å². The largest absolute Gasteiger partial charge is 0.337 e. The van der Waals surface area contributed by atoms with Crippen LogP contribution in [0.2, 0.25) is 0 Å². The molecule has 1 unspecified atom stereocenters. The Hall–Kier alpha value is -1.39. The highest BCUT2D eigenvalue weighted by Crippen LogP contribution is 2.10. The van der Waals surface area contributed by atoms with Crippen LogP contribution in [0.5, 0.6) is 0 Å². The van der Waals surface area contributed by atoms with E-state index in [4.69, 9.17) is 0 Å². The van der Waals surface area contributed by atoms with Crippen molar-refractivity contribution in [1.82, 2.24) is 20.3 Å². The Labute approximate surface area is 96.2 Å². The Morgan fingerprint density at radius 1 is 1.56 bits per heavy atom. The predicted molar refractivity (Wildman–Crippen MR) is 61.6 cm³/mol. The molecule has 0 fully saturated rings. The zero-order valence-corrected chi connectivity index (χ0v) is 10.2. The Balaban J connectivity index is 2.39. The summed E-state index contributed by atoms with van der Waals surface area (Å²) in [4.78, 5) is 11.8. The third kappa shape index (κ3) is 3.64. The lowest BCUT2D eigenvalue weighted by Gasteiger charge is -2.13. The SMILES string of the molecule is CCCC(CC)C(=O)NCn1cc(C)nn1. The Morgan fingerprint density at radius 2 is 2.31 bits per heavy atom. The monoisotopic (exact) mass is 224 g/mol. The molecule has 5 heteroatoms. The van der Waals surface area contributed by atoms with Crippen LogP contribution in [0.4, 0.5) is 0 Å². The second-order valence-electron chi connectivity index (χ2n) is 3.99. The fourth-order valence-corrected chi connectivity index (χ4v) is 1.64. The molecule has 0 saturated heterocycles. The number of aromatic nitrogens is 3. The zero-order valence-electron chi connectivity index (χ0n) is 10.2. The molecule has 0 spiro atoms. The van der Waals surface area contributed by atoms with Crippen molar-refractivity contribution in [2.75, 3.05) is 0 Å². The van der Waals surface area contributed by atoms with Crippen molar-refractivity contribution < 1.29 is 4.79 Å². The van der Waals surface area contributed by atoms with Crippen LogP contribution in [0.3, 0.4) is 0 Å². The lowest BCUT2D eigenvalue weighted by Crippen LogP contribution is -2.32. The van der Waals surface area contributed by atoms with Crippen LogP contribution >= 0.6 is 0 Å². The highest BCUT2D eigenvalue weighted by Gasteiger charge is 2.14. The highest BCUT2D eigenvalue weighted by molar-refractivity contribution is 5.78. The molecular weight excluding hydrogens is 204 g/mol. The molecule has 90 valence electrons. The van der Waals surface area contributed by atoms with E-state index in [0.717, 1.165) is 25.0 Å². The van der Waals surface area contributed by atoms with Crippen LogP contribution in [0.25, 0.3) is 0 Å². The second-order valence-corrected chi connectivity index (χ2v) is 3.99. The number of nitrogens with zero attached hydrogens (tertiary/aromatic N) is 3. The highest BCUT2D eigenvalue weighted by atomic mass is 16.2. The van der Waals surface area contributed by atoms with Crippen LogP contribution in [-0.4, -0.2) is 20.9 Å². The van der Waals surface area contributed by atoms with Crippen molar-refractivity contribution in [1.29, 1.82) is 0 Å². The second kappa shape index (κ2) is 6.25. The van der Waals surface area contributed by atoms with Crippen LogP contribution in [-0.2, 0) is 11.5 Å². The fraction of sp³-hybridized carbons (Fsp3) is 0.727. The first kappa shape index (κ1) is 12.7. The van der Waals surface area contributed by atoms with Gasteiger partial charge in [-0.25, -0.2) is 4.68 Å². The van der Waals surface area contributed by atoms with Crippen LogP contribution in [0, 0.1) is 12.8 Å². The number of hydrogen-bond donors (Lipinski definition) is 1. The summed E-state index contributed by atoms with van der Waals surface area (Å²) < 4.78 is 1.63. The molecule has 0 aromatic carbocycles. The van der Waals surface area contributed by atoms with Gasteiger partial charge in [-0.1, -0.05) is 25.5 Å². The van der Waals surface area contributed by atoms with E-state index in [1.807, 2.05) is 13.8 Å². The van der Waals surface area contributed by atoms with E-state index in [1.54, 1.807) is 10.9 Å². The Bertz CT molecular complexity index is 334. The quantitative estimate of drug-likeness (QED) is 0.796. The van der Waals surface area contributed by atoms with Crippen molar-refractivity contribution in [3.8, 4) is 0 Å². The van der Waals surface area contributed by atoms with Crippen LogP contribution in [0.1, 0.15) is 38.8 Å². The average molecular weight is 224 g/mol. The van der Waals surface area contributed by atoms with E-state index in [0.29, 0.717) is 6.67 Å². The topological polar surface area (TPSA) is 59.8 Å². The molecule has 0 bridgehead atoms. The van der Waals surface area contributed by atoms with Gasteiger partial charge < -0.3 is 5.32 Å². The lowest BCUT2D eigenvalue weighted by molar-refractivity contribution is -0.125. The first-order valence-electron chi connectivity index (χ1n) is 5.81. The smallest absolute Gasteiger partial charge is 0.224 e. The molecule has 0 aliphatic heterocycles. The third-order valence-corrected chi connectivity index (χ3v) is 2.57. The van der Waals surface area contributed by atoms with Crippen molar-refractivity contribution in [3.63, 3.8) is 0 Å². The molecule has 1 aromatic heterocycles. The molecule has 1 heterocycles. The van der Waals surface area contributed by atoms with Gasteiger partial charge in [0.1, 0.15) is 6.67 Å². The molecule has 16 heavy (non-hydrogen) atoms. The minimum absolute atomic E-state index is 0.109. The fourth-order valence-electron chi connectivity index (χ4n) is 1.64. The van der Waals surface area contributed by atoms with Gasteiger partial charge in [-0.15, -0.1) is 5.10 Å². The molecule has 0 aliphatic carbocycles. The van der Waals surface area contributed by atoms with Gasteiger partial charge in [-0.3, -0.25) is 4.79 Å². The number of carbonyl (C=O) groups excluding carboxylic acids is 1. The van der Waals surface area contributed by atoms with E-state index in [9.17, 15) is 4.79 Å². The van der Waals surface area contributed by atoms with E-state index >= 15 is 0 Å². The zero-order chi connectivity index (χ0) is 12.0. The Morgan fingerprint density at radius 3 is 2.81 bits per heavy atom. The van der Waals surface area contributed by atoms with Gasteiger partial charge in [0.2, 0.25) is 5.91 Å². The average Bonchev–Trinajstić information content (AvgIpc) is 2.68. The minimum atomic E-state index is 0.109. The van der Waals surface area contributed by atoms with E-state index in [1.165, 1.54) is 0 Å². The summed E-state index contributed by atoms with van der Waals surface area (Å²) in [6, 6.07) is 0. The summed E-state index contributed by atoms with van der Waals surface area (Å²) in [6.07, 6.45) is 4.67. The standard InChI is InChI=1S/C11H20N4O/c1-4-6-10(5-2)11(16)12-8-15-7-9(3)13-14-15/h7,10H,4-6,8H2,1-3H3,(H,12,16). The van der Waals surface area contributed by atoms with E-state index < -0.39 is 0 Å². The van der Waals surface area contributed by atoms with Gasteiger partial charge in [0.15, 0.2) is 0 Å². The van der Waals surface area contributed by atoms with Gasteiger partial charge in [0.25, 0.3) is 0 Å². The summed E-state index contributed by atoms with van der Waals surface area (Å²) in [5.74, 6) is 0.229. The van der Waals surface area contributed by atoms with Crippen molar-refractivity contribution >= 4 is 5.91 Å². The molecule has 1 atom stereocenters. The number of amides is 1. The van der Waals surface area contributed by atoms with Crippen molar-refractivity contribution in [2.45, 2.75) is 46.7 Å². The number of carbonyl (C=O) groups is 1. The molecule has 0 aliphatic rings. The van der Waals surface area contributed by atoms with Crippen LogP contribution < -0.4 is 5.32 Å².